The zero-order valence-corrected chi connectivity index (χ0v) is 23.1. The monoisotopic (exact) mass is 565 g/mol. The van der Waals surface area contributed by atoms with Crippen LogP contribution in [0.25, 0.3) is 17.2 Å². The first-order chi connectivity index (χ1) is 19.5. The van der Waals surface area contributed by atoms with Gasteiger partial charge in [-0.3, -0.25) is 4.79 Å². The van der Waals surface area contributed by atoms with Gasteiger partial charge >= 0.3 is 0 Å². The quantitative estimate of drug-likeness (QED) is 0.284. The second-order valence-corrected chi connectivity index (χ2v) is 11.8. The van der Waals surface area contributed by atoms with Gasteiger partial charge in [-0.15, -0.1) is 0 Å². The molecule has 40 heavy (non-hydrogen) atoms. The minimum absolute atomic E-state index is 0.181. The number of aryl methyl sites for hydroxylation is 1. The van der Waals surface area contributed by atoms with Crippen molar-refractivity contribution in [3.05, 3.63) is 84.2 Å². The van der Waals surface area contributed by atoms with Gasteiger partial charge in [0.15, 0.2) is 6.29 Å². The van der Waals surface area contributed by atoms with E-state index in [1.165, 1.54) is 30.1 Å². The lowest BCUT2D eigenvalue weighted by atomic mass is 10.0. The van der Waals surface area contributed by atoms with Crippen LogP contribution in [0.15, 0.2) is 78.0 Å². The third-order valence-electron chi connectivity index (χ3n) is 7.00. The Hall–Kier alpha value is -3.28. The zero-order chi connectivity index (χ0) is 27.8. The van der Waals surface area contributed by atoms with Gasteiger partial charge < -0.3 is 14.8 Å². The van der Waals surface area contributed by atoms with Crippen molar-refractivity contribution in [3.63, 3.8) is 0 Å². The van der Waals surface area contributed by atoms with E-state index in [-0.39, 0.29) is 11.0 Å². The molecule has 212 valence electrons. The van der Waals surface area contributed by atoms with E-state index in [0.29, 0.717) is 12.2 Å². The number of benzene rings is 2. The number of amides is 1. The highest BCUT2D eigenvalue weighted by Gasteiger charge is 2.18. The summed E-state index contributed by atoms with van der Waals surface area (Å²) < 4.78 is 39.0. The average molecular weight is 566 g/mol. The lowest BCUT2D eigenvalue weighted by Gasteiger charge is -2.23. The van der Waals surface area contributed by atoms with Crippen molar-refractivity contribution in [1.82, 2.24) is 14.8 Å². The van der Waals surface area contributed by atoms with E-state index >= 15 is 0 Å². The van der Waals surface area contributed by atoms with E-state index in [1.54, 1.807) is 24.3 Å². The molecular weight excluding hydrogens is 530 g/mol. The van der Waals surface area contributed by atoms with Gasteiger partial charge in [0.1, 0.15) is 0 Å². The van der Waals surface area contributed by atoms with Crippen LogP contribution >= 0.6 is 0 Å². The standard InChI is InChI=1S/C30H35N3O6S/c34-29(32-39-30-6-1-2-18-38-30)14-10-24-15-17-33(22-24)40(35,36)28-5-3-4-26(20-28)25-11-7-23(8-12-25)9-13-27-21-31-16-19-37-27/h3-5,7-8,10-12,14-15,17,20,22,27,30-31H,1-2,6,9,13,16,18-19,21H2,(H,32,34)/b14-10+. The molecule has 5 rings (SSSR count). The first-order valence-corrected chi connectivity index (χ1v) is 15.1. The molecule has 1 aromatic heterocycles. The fourth-order valence-electron chi connectivity index (χ4n) is 4.73. The van der Waals surface area contributed by atoms with Crippen molar-refractivity contribution in [3.8, 4) is 11.1 Å². The van der Waals surface area contributed by atoms with Gasteiger partial charge in [-0.1, -0.05) is 36.4 Å². The topological polar surface area (TPSA) is 108 Å². The molecule has 0 aliphatic carbocycles. The Morgan fingerprint density at radius 1 is 1.07 bits per heavy atom. The van der Waals surface area contributed by atoms with Gasteiger partial charge in [-0.2, -0.15) is 0 Å². The minimum Gasteiger partial charge on any atom is -0.376 e. The molecule has 3 aromatic rings. The number of rotatable bonds is 10. The Balaban J connectivity index is 1.20. The van der Waals surface area contributed by atoms with Gasteiger partial charge in [-0.05, 0) is 72.2 Å². The molecule has 1 amide bonds. The lowest BCUT2D eigenvalue weighted by molar-refractivity contribution is -0.198. The largest absolute Gasteiger partial charge is 0.376 e. The van der Waals surface area contributed by atoms with Crippen LogP contribution < -0.4 is 10.8 Å². The smallest absolute Gasteiger partial charge is 0.267 e. The van der Waals surface area contributed by atoms with E-state index < -0.39 is 22.2 Å². The van der Waals surface area contributed by atoms with Gasteiger partial charge in [0.2, 0.25) is 0 Å². The third-order valence-corrected chi connectivity index (χ3v) is 8.63. The molecule has 0 radical (unpaired) electrons. The van der Waals surface area contributed by atoms with Crippen LogP contribution in [0.4, 0.5) is 0 Å². The van der Waals surface area contributed by atoms with Crippen LogP contribution in [0.3, 0.4) is 0 Å². The summed E-state index contributed by atoms with van der Waals surface area (Å²) in [4.78, 5) is 17.5. The molecule has 2 N–H and O–H groups in total. The van der Waals surface area contributed by atoms with Crippen molar-refractivity contribution in [2.24, 2.45) is 0 Å². The van der Waals surface area contributed by atoms with E-state index in [9.17, 15) is 13.2 Å². The molecule has 0 saturated carbocycles. The maximum atomic E-state index is 13.3. The number of hydrogen-bond acceptors (Lipinski definition) is 7. The number of aromatic nitrogens is 1. The summed E-state index contributed by atoms with van der Waals surface area (Å²) in [6.45, 7) is 3.17. The van der Waals surface area contributed by atoms with Crippen molar-refractivity contribution in [2.45, 2.75) is 49.4 Å². The number of hydroxylamine groups is 1. The normalized spacial score (nSPS) is 20.0. The zero-order valence-electron chi connectivity index (χ0n) is 22.3. The molecule has 0 bridgehead atoms. The number of nitrogens with one attached hydrogen (secondary N) is 2. The molecular formula is C30H35N3O6S. The highest BCUT2D eigenvalue weighted by molar-refractivity contribution is 7.90. The summed E-state index contributed by atoms with van der Waals surface area (Å²) in [6.07, 6.45) is 10.1. The summed E-state index contributed by atoms with van der Waals surface area (Å²) in [5.74, 6) is -0.456. The molecule has 9 nitrogen and oxygen atoms in total. The number of carbonyl (C=O) groups is 1. The Labute approximate surface area is 235 Å². The Morgan fingerprint density at radius 2 is 1.95 bits per heavy atom. The number of hydrogen-bond donors (Lipinski definition) is 2. The van der Waals surface area contributed by atoms with E-state index in [1.807, 2.05) is 18.2 Å². The lowest BCUT2D eigenvalue weighted by Crippen LogP contribution is -2.38. The number of nitrogens with zero attached hydrogens (tertiary/aromatic N) is 1. The van der Waals surface area contributed by atoms with Gasteiger partial charge in [0.05, 0.1) is 17.6 Å². The molecule has 2 saturated heterocycles. The van der Waals surface area contributed by atoms with Crippen molar-refractivity contribution in [2.75, 3.05) is 26.3 Å². The Kier molecular flexibility index (Phi) is 9.45. The van der Waals surface area contributed by atoms with Gasteiger partial charge in [-0.25, -0.2) is 22.7 Å². The summed E-state index contributed by atoms with van der Waals surface area (Å²) in [5.41, 5.74) is 5.89. The van der Waals surface area contributed by atoms with Crippen LogP contribution in [0, 0.1) is 0 Å². The van der Waals surface area contributed by atoms with E-state index in [2.05, 4.69) is 22.9 Å². The summed E-state index contributed by atoms with van der Waals surface area (Å²) in [6, 6.07) is 16.7. The van der Waals surface area contributed by atoms with Crippen LogP contribution in [-0.2, 0) is 35.5 Å². The molecule has 2 aliphatic rings. The molecule has 0 spiro atoms. The minimum atomic E-state index is -3.82. The molecule has 2 aromatic carbocycles. The average Bonchev–Trinajstić information content (AvgIpc) is 3.50. The maximum Gasteiger partial charge on any atom is 0.267 e. The molecule has 10 heteroatoms. The SMILES string of the molecule is O=C(/C=C/c1ccn(S(=O)(=O)c2cccc(-c3ccc(CCC4CNCCO4)cc3)c2)c1)NOC1CCCCO1. The van der Waals surface area contributed by atoms with Crippen molar-refractivity contribution >= 4 is 22.0 Å². The van der Waals surface area contributed by atoms with Crippen LogP contribution in [0.5, 0.6) is 0 Å². The third kappa shape index (κ3) is 7.47. The van der Waals surface area contributed by atoms with Gasteiger partial charge in [0.25, 0.3) is 15.9 Å². The van der Waals surface area contributed by atoms with E-state index in [4.69, 9.17) is 14.3 Å². The Morgan fingerprint density at radius 3 is 2.73 bits per heavy atom. The van der Waals surface area contributed by atoms with Crippen LogP contribution in [0.1, 0.15) is 36.8 Å². The summed E-state index contributed by atoms with van der Waals surface area (Å²) >= 11 is 0. The highest BCUT2D eigenvalue weighted by Crippen LogP contribution is 2.25. The van der Waals surface area contributed by atoms with Crippen LogP contribution in [-0.4, -0.2) is 57.0 Å². The maximum absolute atomic E-state index is 13.3. The molecule has 2 atom stereocenters. The number of ether oxygens (including phenoxy) is 2. The summed E-state index contributed by atoms with van der Waals surface area (Å²) in [5, 5.41) is 3.35. The first kappa shape index (κ1) is 28.3. The molecule has 3 heterocycles. The fraction of sp³-hybridized carbons (Fsp3) is 0.367. The predicted octanol–water partition coefficient (Wildman–Crippen LogP) is 3.90. The van der Waals surface area contributed by atoms with Gasteiger partial charge in [0, 0.05) is 44.6 Å². The second-order valence-electron chi connectivity index (χ2n) is 9.95. The number of carbonyl (C=O) groups excluding carboxylic acids is 1. The van der Waals surface area contributed by atoms with Crippen molar-refractivity contribution < 1.29 is 27.5 Å². The summed E-state index contributed by atoms with van der Waals surface area (Å²) in [7, 11) is -3.82. The molecule has 2 fully saturated rings. The Bertz CT molecular complexity index is 1410. The van der Waals surface area contributed by atoms with E-state index in [0.717, 1.165) is 66.9 Å². The highest BCUT2D eigenvalue weighted by atomic mass is 32.2. The van der Waals surface area contributed by atoms with Crippen molar-refractivity contribution in [1.29, 1.82) is 0 Å². The van der Waals surface area contributed by atoms with Crippen LogP contribution in [0.2, 0.25) is 0 Å². The molecule has 2 unspecified atom stereocenters. The second kappa shape index (κ2) is 13.4. The first-order valence-electron chi connectivity index (χ1n) is 13.7. The number of morpholine rings is 1. The fourth-order valence-corrected chi connectivity index (χ4v) is 5.98. The predicted molar refractivity (Wildman–Crippen MR) is 152 cm³/mol. The molecule has 2 aliphatic heterocycles.